The summed E-state index contributed by atoms with van der Waals surface area (Å²) < 4.78 is 1.32. The number of carbonyl (C=O) groups is 1. The maximum Gasteiger partial charge on any atom is 0.271 e. The van der Waals surface area contributed by atoms with Crippen LogP contribution in [-0.4, -0.2) is 21.0 Å². The molecule has 0 aliphatic rings. The topological polar surface area (TPSA) is 98.0 Å². The Labute approximate surface area is 101 Å². The first-order valence-electron chi connectivity index (χ1n) is 5.09. The maximum atomic E-state index is 11.6. The molecule has 1 heterocycles. The Balaban J connectivity index is 2.48. The van der Waals surface area contributed by atoms with Gasteiger partial charge in [-0.25, -0.2) is 0 Å². The molecule has 1 N–H and O–H groups in total. The molecule has 7 heteroatoms. The molecule has 0 amide bonds. The summed E-state index contributed by atoms with van der Waals surface area (Å²) in [4.78, 5) is 32.1. The summed E-state index contributed by atoms with van der Waals surface area (Å²) in [7, 11) is 0. The summed E-state index contributed by atoms with van der Waals surface area (Å²) in [5, 5.41) is 13.1. The minimum Gasteiger partial charge on any atom is -0.301 e. The Kier molecular flexibility index (Phi) is 3.05. The van der Waals surface area contributed by atoms with Crippen molar-refractivity contribution in [2.24, 2.45) is 0 Å². The van der Waals surface area contributed by atoms with Gasteiger partial charge in [0.1, 0.15) is 6.29 Å². The van der Waals surface area contributed by atoms with Crippen LogP contribution in [0.15, 0.2) is 35.3 Å². The van der Waals surface area contributed by atoms with E-state index in [0.29, 0.717) is 17.4 Å². The minimum atomic E-state index is -0.528. The zero-order valence-electron chi connectivity index (χ0n) is 9.20. The number of carbonyl (C=O) groups excluding carboxylic acids is 1. The van der Waals surface area contributed by atoms with Crippen molar-refractivity contribution in [3.05, 3.63) is 50.9 Å². The van der Waals surface area contributed by atoms with E-state index >= 15 is 0 Å². The SMILES string of the molecule is O=CCn1cc(-c2cccc([N+](=O)[O-])c2)c(=O)[nH]1. The molecule has 0 aliphatic heterocycles. The number of aromatic nitrogens is 2. The molecule has 0 bridgehead atoms. The van der Waals surface area contributed by atoms with Crippen molar-refractivity contribution in [3.8, 4) is 11.1 Å². The lowest BCUT2D eigenvalue weighted by Crippen LogP contribution is -2.07. The number of nitrogens with zero attached hydrogens (tertiary/aromatic N) is 2. The van der Waals surface area contributed by atoms with Crippen LogP contribution < -0.4 is 5.56 Å². The molecule has 7 nitrogen and oxygen atoms in total. The predicted octanol–water partition coefficient (Wildman–Crippen LogP) is 0.950. The molecule has 0 unspecified atom stereocenters. The highest BCUT2D eigenvalue weighted by Crippen LogP contribution is 2.20. The average Bonchev–Trinajstić information content (AvgIpc) is 2.71. The van der Waals surface area contributed by atoms with Gasteiger partial charge in [-0.1, -0.05) is 12.1 Å². The summed E-state index contributed by atoms with van der Waals surface area (Å²) in [6.45, 7) is 0.0319. The first kappa shape index (κ1) is 11.8. The van der Waals surface area contributed by atoms with E-state index in [1.807, 2.05) is 0 Å². The second kappa shape index (κ2) is 4.66. The van der Waals surface area contributed by atoms with Crippen LogP contribution in [0.4, 0.5) is 5.69 Å². The molecule has 2 rings (SSSR count). The normalized spacial score (nSPS) is 10.2. The van der Waals surface area contributed by atoms with Gasteiger partial charge in [0.05, 0.1) is 17.0 Å². The number of aldehydes is 1. The van der Waals surface area contributed by atoms with Gasteiger partial charge in [-0.05, 0) is 5.56 Å². The molecule has 0 aliphatic carbocycles. The van der Waals surface area contributed by atoms with Crippen molar-refractivity contribution in [3.63, 3.8) is 0 Å². The summed E-state index contributed by atoms with van der Waals surface area (Å²) in [5.74, 6) is 0. The molecule has 0 fully saturated rings. The third-order valence-corrected chi connectivity index (χ3v) is 2.41. The average molecular weight is 247 g/mol. The molecule has 1 aromatic heterocycles. The van der Waals surface area contributed by atoms with E-state index in [0.717, 1.165) is 0 Å². The Morgan fingerprint density at radius 3 is 2.89 bits per heavy atom. The Hall–Kier alpha value is -2.70. The molecule has 2 aromatic rings. The van der Waals surface area contributed by atoms with Gasteiger partial charge in [-0.3, -0.25) is 24.7 Å². The molecule has 1 aromatic carbocycles. The molecule has 0 radical (unpaired) electrons. The monoisotopic (exact) mass is 247 g/mol. The molecular formula is C11H9N3O4. The fraction of sp³-hybridized carbons (Fsp3) is 0.0909. The van der Waals surface area contributed by atoms with Crippen molar-refractivity contribution in [1.82, 2.24) is 9.78 Å². The van der Waals surface area contributed by atoms with Gasteiger partial charge in [-0.2, -0.15) is 0 Å². The van der Waals surface area contributed by atoms with Crippen LogP contribution in [0, 0.1) is 10.1 Å². The Morgan fingerprint density at radius 1 is 1.44 bits per heavy atom. The van der Waals surface area contributed by atoms with Crippen LogP contribution in [0.3, 0.4) is 0 Å². The lowest BCUT2D eigenvalue weighted by Gasteiger charge is -1.96. The van der Waals surface area contributed by atoms with E-state index in [1.54, 1.807) is 6.07 Å². The molecule has 18 heavy (non-hydrogen) atoms. The number of nitro benzene ring substituents is 1. The lowest BCUT2D eigenvalue weighted by atomic mass is 10.1. The number of H-pyrrole nitrogens is 1. The lowest BCUT2D eigenvalue weighted by molar-refractivity contribution is -0.384. The summed E-state index contributed by atoms with van der Waals surface area (Å²) in [6.07, 6.45) is 2.10. The molecular weight excluding hydrogens is 238 g/mol. The Morgan fingerprint density at radius 2 is 2.22 bits per heavy atom. The largest absolute Gasteiger partial charge is 0.301 e. The fourth-order valence-electron chi connectivity index (χ4n) is 1.61. The number of nitrogens with one attached hydrogen (secondary N) is 1. The van der Waals surface area contributed by atoms with Gasteiger partial charge in [0.15, 0.2) is 0 Å². The maximum absolute atomic E-state index is 11.6. The number of hydrogen-bond acceptors (Lipinski definition) is 4. The van der Waals surface area contributed by atoms with Crippen LogP contribution in [0.5, 0.6) is 0 Å². The van der Waals surface area contributed by atoms with Crippen LogP contribution in [0.2, 0.25) is 0 Å². The molecule has 92 valence electrons. The van der Waals surface area contributed by atoms with Gasteiger partial charge < -0.3 is 4.79 Å². The summed E-state index contributed by atoms with van der Waals surface area (Å²) >= 11 is 0. The van der Waals surface area contributed by atoms with Crippen LogP contribution in [0.25, 0.3) is 11.1 Å². The number of aromatic amines is 1. The highest BCUT2D eigenvalue weighted by molar-refractivity contribution is 5.64. The highest BCUT2D eigenvalue weighted by atomic mass is 16.6. The smallest absolute Gasteiger partial charge is 0.271 e. The quantitative estimate of drug-likeness (QED) is 0.494. The number of non-ortho nitro benzene ring substituents is 1. The van der Waals surface area contributed by atoms with E-state index in [9.17, 15) is 19.7 Å². The highest BCUT2D eigenvalue weighted by Gasteiger charge is 2.11. The van der Waals surface area contributed by atoms with Crippen LogP contribution in [-0.2, 0) is 11.3 Å². The van der Waals surface area contributed by atoms with Crippen LogP contribution in [0.1, 0.15) is 0 Å². The van der Waals surface area contributed by atoms with Crippen LogP contribution >= 0.6 is 0 Å². The molecule has 0 saturated carbocycles. The molecule has 0 saturated heterocycles. The minimum absolute atomic E-state index is 0.0319. The zero-order valence-corrected chi connectivity index (χ0v) is 9.20. The zero-order chi connectivity index (χ0) is 13.1. The standard InChI is InChI=1S/C11H9N3O4/c15-5-4-13-7-10(11(16)12-13)8-2-1-3-9(6-8)14(17)18/h1-3,5-7H,4H2,(H,12,16). The van der Waals surface area contributed by atoms with Crippen molar-refractivity contribution < 1.29 is 9.72 Å². The van der Waals surface area contributed by atoms with E-state index in [-0.39, 0.29) is 12.2 Å². The summed E-state index contributed by atoms with van der Waals surface area (Å²) in [6, 6.07) is 5.77. The third kappa shape index (κ3) is 2.19. The second-order valence-electron chi connectivity index (χ2n) is 3.61. The molecule has 0 spiro atoms. The van der Waals surface area contributed by atoms with Crippen molar-refractivity contribution in [2.75, 3.05) is 0 Å². The van der Waals surface area contributed by atoms with E-state index in [1.165, 1.54) is 29.1 Å². The van der Waals surface area contributed by atoms with Gasteiger partial charge in [0, 0.05) is 18.3 Å². The number of hydrogen-bond donors (Lipinski definition) is 1. The number of rotatable bonds is 4. The van der Waals surface area contributed by atoms with Gasteiger partial charge >= 0.3 is 0 Å². The van der Waals surface area contributed by atoms with Crippen molar-refractivity contribution in [2.45, 2.75) is 6.54 Å². The van der Waals surface area contributed by atoms with Gasteiger partial charge in [-0.15, -0.1) is 0 Å². The van der Waals surface area contributed by atoms with Gasteiger partial charge in [0.25, 0.3) is 11.2 Å². The first-order valence-corrected chi connectivity index (χ1v) is 5.09. The van der Waals surface area contributed by atoms with E-state index < -0.39 is 10.5 Å². The predicted molar refractivity (Wildman–Crippen MR) is 63.2 cm³/mol. The van der Waals surface area contributed by atoms with E-state index in [2.05, 4.69) is 5.10 Å². The second-order valence-corrected chi connectivity index (χ2v) is 3.61. The fourth-order valence-corrected chi connectivity index (χ4v) is 1.61. The molecule has 0 atom stereocenters. The summed E-state index contributed by atoms with van der Waals surface area (Å²) in [5.41, 5.74) is 0.253. The third-order valence-electron chi connectivity index (χ3n) is 2.41. The number of nitro groups is 1. The first-order chi connectivity index (χ1) is 8.61. The van der Waals surface area contributed by atoms with Crippen molar-refractivity contribution in [1.29, 1.82) is 0 Å². The van der Waals surface area contributed by atoms with E-state index in [4.69, 9.17) is 0 Å². The van der Waals surface area contributed by atoms with Crippen molar-refractivity contribution >= 4 is 12.0 Å². The Bertz CT molecular complexity index is 656. The number of benzene rings is 1. The van der Waals surface area contributed by atoms with Gasteiger partial charge in [0.2, 0.25) is 0 Å².